The molecule has 0 heterocycles. The molecule has 0 saturated carbocycles. The summed E-state index contributed by atoms with van der Waals surface area (Å²) in [5.74, 6) is -0.590. The lowest BCUT2D eigenvalue weighted by atomic mass is 10.2. The van der Waals surface area contributed by atoms with Gasteiger partial charge in [0.1, 0.15) is 16.7 Å². The Kier molecular flexibility index (Phi) is 5.71. The van der Waals surface area contributed by atoms with E-state index in [1.165, 1.54) is 24.4 Å². The number of nitrogens with zero attached hydrogens (tertiary/aromatic N) is 2. The van der Waals surface area contributed by atoms with Crippen molar-refractivity contribution in [1.82, 2.24) is 0 Å². The summed E-state index contributed by atoms with van der Waals surface area (Å²) < 4.78 is 0. The standard InChI is InChI=1S/C17H13ClN4O3/c1-11-4-2-3-5-15(11)21-17(23)12(9-19)10-20-13-6-7-14(18)16(8-13)22(24)25/h2-8,10,20H,1H3,(H,21,23)/b12-10-. The zero-order chi connectivity index (χ0) is 18.4. The van der Waals surface area contributed by atoms with Crippen molar-refractivity contribution in [3.8, 4) is 6.07 Å². The second kappa shape index (κ2) is 7.95. The maximum absolute atomic E-state index is 12.2. The third-order valence-electron chi connectivity index (χ3n) is 3.28. The van der Waals surface area contributed by atoms with Gasteiger partial charge in [0, 0.05) is 23.6 Å². The molecule has 2 aromatic rings. The van der Waals surface area contributed by atoms with E-state index in [2.05, 4.69) is 10.6 Å². The van der Waals surface area contributed by atoms with E-state index in [9.17, 15) is 14.9 Å². The number of amides is 1. The molecule has 1 amide bonds. The molecule has 0 unspecified atom stereocenters. The number of hydrogen-bond acceptors (Lipinski definition) is 5. The van der Waals surface area contributed by atoms with Gasteiger partial charge in [-0.2, -0.15) is 5.26 Å². The molecule has 126 valence electrons. The SMILES string of the molecule is Cc1ccccc1NC(=O)/C(C#N)=C\Nc1ccc(Cl)c([N+](=O)[O-])c1. The normalized spacial score (nSPS) is 10.7. The van der Waals surface area contributed by atoms with Crippen molar-refractivity contribution in [2.45, 2.75) is 6.92 Å². The number of anilines is 2. The van der Waals surface area contributed by atoms with Gasteiger partial charge >= 0.3 is 0 Å². The highest BCUT2D eigenvalue weighted by Crippen LogP contribution is 2.27. The van der Waals surface area contributed by atoms with Gasteiger partial charge in [0.2, 0.25) is 0 Å². The van der Waals surface area contributed by atoms with Gasteiger partial charge in [0.15, 0.2) is 0 Å². The highest BCUT2D eigenvalue weighted by Gasteiger charge is 2.13. The fourth-order valence-electron chi connectivity index (χ4n) is 1.95. The Morgan fingerprint density at radius 2 is 2.04 bits per heavy atom. The van der Waals surface area contributed by atoms with Crippen molar-refractivity contribution >= 4 is 34.6 Å². The summed E-state index contributed by atoms with van der Waals surface area (Å²) >= 11 is 5.74. The Labute approximate surface area is 148 Å². The predicted molar refractivity (Wildman–Crippen MR) is 95.2 cm³/mol. The minimum Gasteiger partial charge on any atom is -0.360 e. The maximum Gasteiger partial charge on any atom is 0.289 e. The second-order valence-electron chi connectivity index (χ2n) is 5.01. The summed E-state index contributed by atoms with van der Waals surface area (Å²) in [7, 11) is 0. The van der Waals surface area contributed by atoms with Crippen LogP contribution in [0.4, 0.5) is 17.1 Å². The van der Waals surface area contributed by atoms with E-state index in [1.54, 1.807) is 18.2 Å². The number of rotatable bonds is 5. The Morgan fingerprint density at radius 3 is 2.68 bits per heavy atom. The lowest BCUT2D eigenvalue weighted by Gasteiger charge is -2.07. The van der Waals surface area contributed by atoms with Gasteiger partial charge in [-0.1, -0.05) is 29.8 Å². The largest absolute Gasteiger partial charge is 0.360 e. The molecule has 0 bridgehead atoms. The Bertz CT molecular complexity index is 903. The highest BCUT2D eigenvalue weighted by molar-refractivity contribution is 6.32. The van der Waals surface area contributed by atoms with Crippen LogP contribution in [0.15, 0.2) is 54.2 Å². The zero-order valence-corrected chi connectivity index (χ0v) is 13.9. The Balaban J connectivity index is 2.17. The van der Waals surface area contributed by atoms with Gasteiger partial charge < -0.3 is 10.6 Å². The van der Waals surface area contributed by atoms with Crippen molar-refractivity contribution < 1.29 is 9.72 Å². The maximum atomic E-state index is 12.2. The average molecular weight is 357 g/mol. The summed E-state index contributed by atoms with van der Waals surface area (Å²) in [5, 5.41) is 25.4. The van der Waals surface area contributed by atoms with Crippen LogP contribution in [-0.4, -0.2) is 10.8 Å². The van der Waals surface area contributed by atoms with Crippen LogP contribution in [0.5, 0.6) is 0 Å². The zero-order valence-electron chi connectivity index (χ0n) is 13.1. The van der Waals surface area contributed by atoms with E-state index in [1.807, 2.05) is 19.1 Å². The first-order chi connectivity index (χ1) is 11.9. The summed E-state index contributed by atoms with van der Waals surface area (Å²) in [5.41, 5.74) is 1.32. The first kappa shape index (κ1) is 18.0. The van der Waals surface area contributed by atoms with E-state index < -0.39 is 10.8 Å². The fourth-order valence-corrected chi connectivity index (χ4v) is 2.14. The number of nitro benzene ring substituents is 1. The van der Waals surface area contributed by atoms with Crippen LogP contribution in [0.3, 0.4) is 0 Å². The van der Waals surface area contributed by atoms with Gasteiger partial charge in [-0.05, 0) is 30.7 Å². The summed E-state index contributed by atoms with van der Waals surface area (Å²) in [6, 6.07) is 13.0. The number of hydrogen-bond donors (Lipinski definition) is 2. The quantitative estimate of drug-likeness (QED) is 0.364. The first-order valence-corrected chi connectivity index (χ1v) is 7.48. The molecule has 0 spiro atoms. The van der Waals surface area contributed by atoms with Crippen LogP contribution in [0.25, 0.3) is 0 Å². The van der Waals surface area contributed by atoms with E-state index in [0.29, 0.717) is 11.4 Å². The third kappa shape index (κ3) is 4.56. The van der Waals surface area contributed by atoms with Crippen LogP contribution < -0.4 is 10.6 Å². The predicted octanol–water partition coefficient (Wildman–Crippen LogP) is 4.01. The van der Waals surface area contributed by atoms with Crippen LogP contribution in [0.2, 0.25) is 5.02 Å². The molecule has 0 aromatic heterocycles. The first-order valence-electron chi connectivity index (χ1n) is 7.10. The third-order valence-corrected chi connectivity index (χ3v) is 3.60. The van der Waals surface area contributed by atoms with Crippen molar-refractivity contribution in [2.24, 2.45) is 0 Å². The molecule has 25 heavy (non-hydrogen) atoms. The lowest BCUT2D eigenvalue weighted by molar-refractivity contribution is -0.384. The molecule has 0 fully saturated rings. The molecule has 0 aliphatic rings. The van der Waals surface area contributed by atoms with E-state index in [4.69, 9.17) is 16.9 Å². The van der Waals surface area contributed by atoms with Crippen LogP contribution in [0.1, 0.15) is 5.56 Å². The number of aryl methyl sites for hydroxylation is 1. The molecule has 2 aromatic carbocycles. The molecule has 7 nitrogen and oxygen atoms in total. The highest BCUT2D eigenvalue weighted by atomic mass is 35.5. The van der Waals surface area contributed by atoms with E-state index >= 15 is 0 Å². The molecular weight excluding hydrogens is 344 g/mol. The number of carbonyl (C=O) groups excluding carboxylic acids is 1. The van der Waals surface area contributed by atoms with Crippen molar-refractivity contribution in [3.05, 3.63) is 74.9 Å². The molecule has 0 aliphatic carbocycles. The lowest BCUT2D eigenvalue weighted by Crippen LogP contribution is -2.15. The molecule has 0 radical (unpaired) electrons. The van der Waals surface area contributed by atoms with Gasteiger partial charge in [0.05, 0.1) is 4.92 Å². The number of halogens is 1. The van der Waals surface area contributed by atoms with Gasteiger partial charge in [-0.25, -0.2) is 0 Å². The average Bonchev–Trinajstić information content (AvgIpc) is 2.58. The van der Waals surface area contributed by atoms with Crippen LogP contribution in [-0.2, 0) is 4.79 Å². The summed E-state index contributed by atoms with van der Waals surface area (Å²) in [6.07, 6.45) is 1.18. The molecule has 2 rings (SSSR count). The number of nitrogens with one attached hydrogen (secondary N) is 2. The molecule has 0 atom stereocenters. The fraction of sp³-hybridized carbons (Fsp3) is 0.0588. The molecule has 8 heteroatoms. The van der Waals surface area contributed by atoms with E-state index in [-0.39, 0.29) is 16.3 Å². The van der Waals surface area contributed by atoms with E-state index in [0.717, 1.165) is 5.56 Å². The van der Waals surface area contributed by atoms with Gasteiger partial charge in [-0.3, -0.25) is 14.9 Å². The van der Waals surface area contributed by atoms with Crippen molar-refractivity contribution in [1.29, 1.82) is 5.26 Å². The second-order valence-corrected chi connectivity index (χ2v) is 5.41. The van der Waals surface area contributed by atoms with Crippen LogP contribution >= 0.6 is 11.6 Å². The van der Waals surface area contributed by atoms with Gasteiger partial charge in [-0.15, -0.1) is 0 Å². The smallest absolute Gasteiger partial charge is 0.289 e. The number of nitro groups is 1. The van der Waals surface area contributed by atoms with Crippen molar-refractivity contribution in [3.63, 3.8) is 0 Å². The van der Waals surface area contributed by atoms with Crippen molar-refractivity contribution in [2.75, 3.05) is 10.6 Å². The Morgan fingerprint density at radius 1 is 1.32 bits per heavy atom. The topological polar surface area (TPSA) is 108 Å². The van der Waals surface area contributed by atoms with Gasteiger partial charge in [0.25, 0.3) is 11.6 Å². The number of carbonyl (C=O) groups is 1. The minimum absolute atomic E-state index is 0.00247. The molecule has 0 aliphatic heterocycles. The Hall–Kier alpha value is -3.37. The van der Waals surface area contributed by atoms with Crippen LogP contribution in [0, 0.1) is 28.4 Å². The molecular formula is C17H13ClN4O3. The summed E-state index contributed by atoms with van der Waals surface area (Å²) in [6.45, 7) is 1.83. The number of nitriles is 1. The number of para-hydroxylation sites is 1. The monoisotopic (exact) mass is 356 g/mol. The minimum atomic E-state index is -0.618. The molecule has 2 N–H and O–H groups in total. The number of benzene rings is 2. The summed E-state index contributed by atoms with van der Waals surface area (Å²) in [4.78, 5) is 22.4. The molecule has 0 saturated heterocycles.